The molecule has 7 heteroatoms. The largest absolute Gasteiger partial charge is 0.448 e. The van der Waals surface area contributed by atoms with Crippen LogP contribution >= 0.6 is 0 Å². The normalized spacial score (nSPS) is 11.8. The summed E-state index contributed by atoms with van der Waals surface area (Å²) in [6.45, 7) is 5.26. The van der Waals surface area contributed by atoms with E-state index in [1.54, 1.807) is 24.3 Å². The predicted molar refractivity (Wildman–Crippen MR) is 132 cm³/mol. The van der Waals surface area contributed by atoms with Crippen LogP contribution in [-0.4, -0.2) is 27.5 Å². The number of hydrogen-bond donors (Lipinski definition) is 1. The average molecular weight is 456 g/mol. The van der Waals surface area contributed by atoms with Crippen molar-refractivity contribution < 1.29 is 14.3 Å². The minimum atomic E-state index is -1.11. The first kappa shape index (κ1) is 22.9. The van der Waals surface area contributed by atoms with Crippen molar-refractivity contribution in [1.29, 1.82) is 0 Å². The van der Waals surface area contributed by atoms with E-state index in [9.17, 15) is 14.4 Å². The highest BCUT2D eigenvalue weighted by molar-refractivity contribution is 6.07. The summed E-state index contributed by atoms with van der Waals surface area (Å²) in [6, 6.07) is 20.1. The number of carbonyl (C=O) groups is 2. The van der Waals surface area contributed by atoms with Gasteiger partial charge < -0.3 is 14.6 Å². The lowest BCUT2D eigenvalue weighted by Crippen LogP contribution is -2.33. The molecular formula is C27H25N3O4. The summed E-state index contributed by atoms with van der Waals surface area (Å²) in [5, 5.41) is 3.79. The van der Waals surface area contributed by atoms with E-state index in [0.29, 0.717) is 22.2 Å². The van der Waals surface area contributed by atoms with E-state index in [0.717, 1.165) is 16.8 Å². The van der Waals surface area contributed by atoms with Gasteiger partial charge in [-0.3, -0.25) is 9.59 Å². The molecular weight excluding hydrogens is 430 g/mol. The molecule has 0 radical (unpaired) electrons. The summed E-state index contributed by atoms with van der Waals surface area (Å²) in [7, 11) is 1.53. The summed E-state index contributed by atoms with van der Waals surface area (Å²) < 4.78 is 6.82. The van der Waals surface area contributed by atoms with Crippen LogP contribution in [0.2, 0.25) is 0 Å². The number of nitrogens with one attached hydrogen (secondary N) is 1. The van der Waals surface area contributed by atoms with E-state index in [4.69, 9.17) is 4.74 Å². The van der Waals surface area contributed by atoms with Gasteiger partial charge in [0.2, 0.25) is 0 Å². The predicted octanol–water partition coefficient (Wildman–Crippen LogP) is 4.40. The van der Waals surface area contributed by atoms with Crippen LogP contribution in [0.5, 0.6) is 0 Å². The van der Waals surface area contributed by atoms with Crippen molar-refractivity contribution in [3.8, 4) is 11.1 Å². The van der Waals surface area contributed by atoms with Crippen LogP contribution in [0.25, 0.3) is 21.9 Å². The Balaban J connectivity index is 1.74. The van der Waals surface area contributed by atoms with Gasteiger partial charge in [0.15, 0.2) is 6.10 Å². The second kappa shape index (κ2) is 9.31. The summed E-state index contributed by atoms with van der Waals surface area (Å²) in [6.07, 6.45) is -1.11. The van der Waals surface area contributed by atoms with E-state index in [2.05, 4.69) is 10.3 Å². The van der Waals surface area contributed by atoms with Crippen LogP contribution in [-0.2, 0) is 16.6 Å². The average Bonchev–Trinajstić information content (AvgIpc) is 2.81. The first-order chi connectivity index (χ1) is 16.3. The molecule has 1 amide bonds. The summed E-state index contributed by atoms with van der Waals surface area (Å²) in [5.74, 6) is -0.916. The first-order valence-electron chi connectivity index (χ1n) is 10.9. The maximum absolute atomic E-state index is 13.4. The molecule has 1 atom stereocenters. The molecule has 2 aromatic heterocycles. The monoisotopic (exact) mass is 455 g/mol. The Morgan fingerprint density at radius 1 is 0.941 bits per heavy atom. The van der Waals surface area contributed by atoms with Crippen LogP contribution in [0, 0.1) is 13.8 Å². The van der Waals surface area contributed by atoms with Gasteiger partial charge in [-0.15, -0.1) is 0 Å². The highest BCUT2D eigenvalue weighted by Gasteiger charge is 2.26. The molecule has 0 aliphatic carbocycles. The standard InChI is InChI=1S/C27H25N3O4/c1-16-12-14-19(15-13-16)23-20-9-5-6-10-21(20)26(32)30(4)24(23)27(33)34-18(3)25(31)29-22-11-7-8-17(2)28-22/h5-15,18H,1-4H3,(H,28,29,31). The van der Waals surface area contributed by atoms with Crippen molar-refractivity contribution in [3.05, 3.63) is 94.0 Å². The number of ether oxygens (including phenoxy) is 1. The highest BCUT2D eigenvalue weighted by atomic mass is 16.5. The van der Waals surface area contributed by atoms with E-state index < -0.39 is 18.0 Å². The van der Waals surface area contributed by atoms with Gasteiger partial charge in [-0.25, -0.2) is 9.78 Å². The molecule has 0 bridgehead atoms. The van der Waals surface area contributed by atoms with Gasteiger partial charge in [0.05, 0.1) is 0 Å². The third-order valence-electron chi connectivity index (χ3n) is 5.63. The number of aromatic nitrogens is 2. The molecule has 2 aromatic carbocycles. The first-order valence-corrected chi connectivity index (χ1v) is 10.9. The molecule has 4 aromatic rings. The number of benzene rings is 2. The summed E-state index contributed by atoms with van der Waals surface area (Å²) in [4.78, 5) is 43.3. The van der Waals surface area contributed by atoms with E-state index in [1.165, 1.54) is 18.5 Å². The van der Waals surface area contributed by atoms with Gasteiger partial charge >= 0.3 is 5.97 Å². The highest BCUT2D eigenvalue weighted by Crippen LogP contribution is 2.31. The molecule has 7 nitrogen and oxygen atoms in total. The Morgan fingerprint density at radius 2 is 1.62 bits per heavy atom. The Bertz CT molecular complexity index is 1460. The molecule has 0 spiro atoms. The molecule has 1 unspecified atom stereocenters. The summed E-state index contributed by atoms with van der Waals surface area (Å²) in [5.41, 5.74) is 2.93. The zero-order valence-corrected chi connectivity index (χ0v) is 19.5. The second-order valence-electron chi connectivity index (χ2n) is 8.20. The van der Waals surface area contributed by atoms with Crippen molar-refractivity contribution in [1.82, 2.24) is 9.55 Å². The lowest BCUT2D eigenvalue weighted by molar-refractivity contribution is -0.123. The number of aryl methyl sites for hydroxylation is 2. The second-order valence-corrected chi connectivity index (χ2v) is 8.20. The number of hydrogen-bond acceptors (Lipinski definition) is 5. The quantitative estimate of drug-likeness (QED) is 0.451. The smallest absolute Gasteiger partial charge is 0.356 e. The Labute approximate surface area is 197 Å². The molecule has 0 fully saturated rings. The number of amides is 1. The number of rotatable bonds is 5. The molecule has 1 N–H and O–H groups in total. The van der Waals surface area contributed by atoms with Crippen LogP contribution < -0.4 is 10.9 Å². The van der Waals surface area contributed by atoms with E-state index in [1.807, 2.05) is 56.3 Å². The number of nitrogens with zero attached hydrogens (tertiary/aromatic N) is 2. The fraction of sp³-hybridized carbons (Fsp3) is 0.185. The lowest BCUT2D eigenvalue weighted by Gasteiger charge is -2.19. The fourth-order valence-electron chi connectivity index (χ4n) is 3.83. The lowest BCUT2D eigenvalue weighted by atomic mass is 9.96. The molecule has 172 valence electrons. The van der Waals surface area contributed by atoms with Crippen LogP contribution in [0.15, 0.2) is 71.5 Å². The van der Waals surface area contributed by atoms with Crippen molar-refractivity contribution >= 4 is 28.5 Å². The molecule has 4 rings (SSSR count). The van der Waals surface area contributed by atoms with Crippen molar-refractivity contribution in [2.75, 3.05) is 5.32 Å². The Hall–Kier alpha value is -4.26. The Morgan fingerprint density at radius 3 is 2.29 bits per heavy atom. The Kier molecular flexibility index (Phi) is 6.27. The van der Waals surface area contributed by atoms with E-state index in [-0.39, 0.29) is 11.3 Å². The van der Waals surface area contributed by atoms with Crippen molar-refractivity contribution in [3.63, 3.8) is 0 Å². The summed E-state index contributed by atoms with van der Waals surface area (Å²) >= 11 is 0. The molecule has 0 aliphatic heterocycles. The van der Waals surface area contributed by atoms with Crippen LogP contribution in [0.3, 0.4) is 0 Å². The number of esters is 1. The fourth-order valence-corrected chi connectivity index (χ4v) is 3.83. The van der Waals surface area contributed by atoms with Crippen LogP contribution in [0.4, 0.5) is 5.82 Å². The topological polar surface area (TPSA) is 90.3 Å². The minimum absolute atomic E-state index is 0.0842. The van der Waals surface area contributed by atoms with Gasteiger partial charge in [-0.1, -0.05) is 54.1 Å². The van der Waals surface area contributed by atoms with Gasteiger partial charge in [0, 0.05) is 23.7 Å². The third-order valence-corrected chi connectivity index (χ3v) is 5.63. The van der Waals surface area contributed by atoms with E-state index >= 15 is 0 Å². The van der Waals surface area contributed by atoms with Gasteiger partial charge in [0.1, 0.15) is 11.5 Å². The molecule has 0 saturated carbocycles. The SMILES string of the molecule is Cc1ccc(-c2c(C(=O)OC(C)C(=O)Nc3cccc(C)n3)n(C)c(=O)c3ccccc23)cc1. The van der Waals surface area contributed by atoms with Gasteiger partial charge in [-0.2, -0.15) is 0 Å². The molecule has 0 saturated heterocycles. The van der Waals surface area contributed by atoms with Gasteiger partial charge in [0.25, 0.3) is 11.5 Å². The minimum Gasteiger partial charge on any atom is -0.448 e. The van der Waals surface area contributed by atoms with Crippen molar-refractivity contribution in [2.45, 2.75) is 26.9 Å². The zero-order valence-electron chi connectivity index (χ0n) is 19.5. The maximum Gasteiger partial charge on any atom is 0.356 e. The number of pyridine rings is 2. The maximum atomic E-state index is 13.4. The molecule has 0 aliphatic rings. The zero-order chi connectivity index (χ0) is 24.4. The van der Waals surface area contributed by atoms with Crippen LogP contribution in [0.1, 0.15) is 28.7 Å². The third kappa shape index (κ3) is 4.45. The van der Waals surface area contributed by atoms with Crippen molar-refractivity contribution in [2.24, 2.45) is 7.05 Å². The number of carbonyl (C=O) groups excluding carboxylic acids is 2. The number of fused-ring (bicyclic) bond motifs is 1. The molecule has 2 heterocycles. The van der Waals surface area contributed by atoms with Gasteiger partial charge in [-0.05, 0) is 49.9 Å². The molecule has 34 heavy (non-hydrogen) atoms. The number of anilines is 1.